The van der Waals surface area contributed by atoms with Gasteiger partial charge in [-0.15, -0.1) is 11.3 Å². The van der Waals surface area contributed by atoms with E-state index in [1.165, 1.54) is 10.4 Å². The van der Waals surface area contributed by atoms with E-state index in [-0.39, 0.29) is 18.4 Å². The Morgan fingerprint density at radius 3 is 2.79 bits per heavy atom. The Labute approximate surface area is 87.6 Å². The molecule has 1 heterocycles. The molecule has 14 heavy (non-hydrogen) atoms. The summed E-state index contributed by atoms with van der Waals surface area (Å²) in [6, 6.07) is 1.73. The molecule has 3 N–H and O–H groups in total. The standard InChI is InChI=1S/C10H15NO2S/c1-6-3-4-14-10(6)7(2)8(11)5-9(12)13/h3-4,7-8H,5,11H2,1-2H3,(H,12,13). The summed E-state index contributed by atoms with van der Waals surface area (Å²) in [5.41, 5.74) is 7.00. The minimum Gasteiger partial charge on any atom is -0.481 e. The second kappa shape index (κ2) is 4.57. The number of carboxylic acids is 1. The molecule has 2 unspecified atom stereocenters. The molecule has 3 nitrogen and oxygen atoms in total. The van der Waals surface area contributed by atoms with Gasteiger partial charge in [-0.3, -0.25) is 4.79 Å². The van der Waals surface area contributed by atoms with Crippen molar-refractivity contribution in [1.82, 2.24) is 0 Å². The molecule has 0 aliphatic heterocycles. The van der Waals surface area contributed by atoms with Gasteiger partial charge in [0.25, 0.3) is 0 Å². The summed E-state index contributed by atoms with van der Waals surface area (Å²) >= 11 is 1.64. The average Bonchev–Trinajstić information content (AvgIpc) is 2.48. The summed E-state index contributed by atoms with van der Waals surface area (Å²) in [4.78, 5) is 11.7. The van der Waals surface area contributed by atoms with E-state index in [1.807, 2.05) is 25.3 Å². The van der Waals surface area contributed by atoms with E-state index in [9.17, 15) is 4.79 Å². The monoisotopic (exact) mass is 213 g/mol. The van der Waals surface area contributed by atoms with Crippen LogP contribution in [-0.2, 0) is 4.79 Å². The lowest BCUT2D eigenvalue weighted by atomic mass is 9.96. The van der Waals surface area contributed by atoms with Crippen LogP contribution in [0.4, 0.5) is 0 Å². The van der Waals surface area contributed by atoms with E-state index in [4.69, 9.17) is 10.8 Å². The fourth-order valence-electron chi connectivity index (χ4n) is 1.42. The Bertz CT molecular complexity index is 322. The van der Waals surface area contributed by atoms with Crippen LogP contribution in [0.1, 0.15) is 29.7 Å². The number of aryl methyl sites for hydroxylation is 1. The molecule has 0 saturated carbocycles. The summed E-state index contributed by atoms with van der Waals surface area (Å²) in [5.74, 6) is -0.718. The molecule has 78 valence electrons. The molecule has 0 spiro atoms. The van der Waals surface area contributed by atoms with Crippen LogP contribution in [0.25, 0.3) is 0 Å². The van der Waals surface area contributed by atoms with Gasteiger partial charge in [0.2, 0.25) is 0 Å². The fraction of sp³-hybridized carbons (Fsp3) is 0.500. The largest absolute Gasteiger partial charge is 0.481 e. The first-order valence-electron chi connectivity index (χ1n) is 4.53. The minimum absolute atomic E-state index is 0.0263. The second-order valence-corrected chi connectivity index (χ2v) is 4.47. The van der Waals surface area contributed by atoms with Gasteiger partial charge in [-0.05, 0) is 23.9 Å². The molecule has 1 aromatic heterocycles. The second-order valence-electron chi connectivity index (χ2n) is 3.52. The van der Waals surface area contributed by atoms with Crippen LogP contribution in [0.15, 0.2) is 11.4 Å². The molecular weight excluding hydrogens is 198 g/mol. The van der Waals surface area contributed by atoms with Crippen LogP contribution in [0.5, 0.6) is 0 Å². The van der Waals surface area contributed by atoms with Gasteiger partial charge in [0.1, 0.15) is 0 Å². The van der Waals surface area contributed by atoms with Gasteiger partial charge >= 0.3 is 5.97 Å². The molecule has 0 saturated heterocycles. The van der Waals surface area contributed by atoms with Gasteiger partial charge in [-0.2, -0.15) is 0 Å². The fourth-order valence-corrected chi connectivity index (χ4v) is 2.49. The third kappa shape index (κ3) is 2.56. The summed E-state index contributed by atoms with van der Waals surface area (Å²) in [7, 11) is 0. The first-order chi connectivity index (χ1) is 6.52. The molecule has 0 aromatic carbocycles. The highest BCUT2D eigenvalue weighted by Gasteiger charge is 2.19. The van der Waals surface area contributed by atoms with Gasteiger partial charge in [-0.25, -0.2) is 0 Å². The van der Waals surface area contributed by atoms with Crippen LogP contribution < -0.4 is 5.73 Å². The minimum atomic E-state index is -0.835. The summed E-state index contributed by atoms with van der Waals surface area (Å²) in [6.07, 6.45) is 0.0263. The molecule has 0 aliphatic rings. The van der Waals surface area contributed by atoms with Crippen molar-refractivity contribution in [2.24, 2.45) is 5.73 Å². The first kappa shape index (κ1) is 11.2. The zero-order valence-electron chi connectivity index (χ0n) is 8.36. The topological polar surface area (TPSA) is 63.3 Å². The van der Waals surface area contributed by atoms with Crippen LogP contribution in [0, 0.1) is 6.92 Å². The highest BCUT2D eigenvalue weighted by molar-refractivity contribution is 7.10. The zero-order chi connectivity index (χ0) is 10.7. The van der Waals surface area contributed by atoms with Crippen molar-refractivity contribution in [3.05, 3.63) is 21.9 Å². The number of carbonyl (C=O) groups is 1. The van der Waals surface area contributed by atoms with Gasteiger partial charge in [-0.1, -0.05) is 6.92 Å². The Kier molecular flexibility index (Phi) is 3.66. The normalized spacial score (nSPS) is 15.1. The van der Waals surface area contributed by atoms with E-state index in [0.29, 0.717) is 0 Å². The van der Waals surface area contributed by atoms with Crippen molar-refractivity contribution < 1.29 is 9.90 Å². The number of hydrogen-bond acceptors (Lipinski definition) is 3. The highest BCUT2D eigenvalue weighted by Crippen LogP contribution is 2.28. The SMILES string of the molecule is Cc1ccsc1C(C)C(N)CC(=O)O. The van der Waals surface area contributed by atoms with E-state index in [1.54, 1.807) is 11.3 Å². The maximum absolute atomic E-state index is 10.5. The summed E-state index contributed by atoms with van der Waals surface area (Å²) < 4.78 is 0. The molecule has 0 amide bonds. The highest BCUT2D eigenvalue weighted by atomic mass is 32.1. The average molecular weight is 213 g/mol. The van der Waals surface area contributed by atoms with Crippen LogP contribution in [0.3, 0.4) is 0 Å². The quantitative estimate of drug-likeness (QED) is 0.803. The molecular formula is C10H15NO2S. The van der Waals surface area contributed by atoms with Crippen molar-refractivity contribution in [2.45, 2.75) is 32.2 Å². The first-order valence-corrected chi connectivity index (χ1v) is 5.41. The van der Waals surface area contributed by atoms with Crippen molar-refractivity contribution in [3.63, 3.8) is 0 Å². The maximum atomic E-state index is 10.5. The molecule has 1 rings (SSSR count). The van der Waals surface area contributed by atoms with Crippen molar-refractivity contribution in [2.75, 3.05) is 0 Å². The number of thiophene rings is 1. The number of hydrogen-bond donors (Lipinski definition) is 2. The van der Waals surface area contributed by atoms with E-state index >= 15 is 0 Å². The van der Waals surface area contributed by atoms with Gasteiger partial charge in [0, 0.05) is 16.8 Å². The van der Waals surface area contributed by atoms with Crippen molar-refractivity contribution >= 4 is 17.3 Å². The third-order valence-corrected chi connectivity index (χ3v) is 3.59. The lowest BCUT2D eigenvalue weighted by Crippen LogP contribution is -2.29. The van der Waals surface area contributed by atoms with Gasteiger partial charge in [0.05, 0.1) is 6.42 Å². The number of rotatable bonds is 4. The van der Waals surface area contributed by atoms with Crippen LogP contribution in [0.2, 0.25) is 0 Å². The van der Waals surface area contributed by atoms with Gasteiger partial charge in [0.15, 0.2) is 0 Å². The Morgan fingerprint density at radius 2 is 2.36 bits per heavy atom. The smallest absolute Gasteiger partial charge is 0.304 e. The number of aliphatic carboxylic acids is 1. The number of carboxylic acid groups (broad SMARTS) is 1. The molecule has 0 aliphatic carbocycles. The lowest BCUT2D eigenvalue weighted by molar-refractivity contribution is -0.137. The van der Waals surface area contributed by atoms with Crippen LogP contribution in [-0.4, -0.2) is 17.1 Å². The Balaban J connectivity index is 2.70. The molecule has 2 atom stereocenters. The molecule has 0 fully saturated rings. The number of nitrogens with two attached hydrogens (primary N) is 1. The van der Waals surface area contributed by atoms with Crippen molar-refractivity contribution in [1.29, 1.82) is 0 Å². The Hall–Kier alpha value is -0.870. The van der Waals surface area contributed by atoms with E-state index < -0.39 is 5.97 Å². The molecule has 0 bridgehead atoms. The maximum Gasteiger partial charge on any atom is 0.304 e. The van der Waals surface area contributed by atoms with Crippen LogP contribution >= 0.6 is 11.3 Å². The predicted octanol–water partition coefficient (Wildman–Crippen LogP) is 1.96. The summed E-state index contributed by atoms with van der Waals surface area (Å²) in [6.45, 7) is 4.00. The lowest BCUT2D eigenvalue weighted by Gasteiger charge is -2.17. The molecule has 1 aromatic rings. The van der Waals surface area contributed by atoms with E-state index in [2.05, 4.69) is 0 Å². The van der Waals surface area contributed by atoms with E-state index in [0.717, 1.165) is 0 Å². The molecule has 4 heteroatoms. The van der Waals surface area contributed by atoms with Crippen molar-refractivity contribution in [3.8, 4) is 0 Å². The zero-order valence-corrected chi connectivity index (χ0v) is 9.17. The van der Waals surface area contributed by atoms with Gasteiger partial charge < -0.3 is 10.8 Å². The third-order valence-electron chi connectivity index (χ3n) is 2.37. The Morgan fingerprint density at radius 1 is 1.71 bits per heavy atom. The summed E-state index contributed by atoms with van der Waals surface area (Å²) in [5, 5.41) is 10.6. The predicted molar refractivity (Wildman–Crippen MR) is 57.7 cm³/mol. The molecule has 0 radical (unpaired) electrons.